The third-order valence-electron chi connectivity index (χ3n) is 4.15. The van der Waals surface area contributed by atoms with Crippen LogP contribution in [0.4, 0.5) is 0 Å². The van der Waals surface area contributed by atoms with Crippen molar-refractivity contribution in [2.45, 2.75) is 30.6 Å². The van der Waals surface area contributed by atoms with E-state index in [9.17, 15) is 10.2 Å². The smallest absolute Gasteiger partial charge is 0.200 e. The molecule has 1 aromatic rings. The van der Waals surface area contributed by atoms with Gasteiger partial charge in [0.15, 0.2) is 10.6 Å². The van der Waals surface area contributed by atoms with Crippen LogP contribution in [0.5, 0.6) is 11.5 Å². The number of rotatable bonds is 1. The Hall–Kier alpha value is -0.830. The average Bonchev–Trinajstić information content (AvgIpc) is 2.75. The number of hydrogen-bond donors (Lipinski definition) is 2. The highest BCUT2D eigenvalue weighted by Gasteiger charge is 2.44. The summed E-state index contributed by atoms with van der Waals surface area (Å²) >= 11 is 0. The van der Waals surface area contributed by atoms with Crippen LogP contribution in [-0.2, 0) is 10.9 Å². The molecule has 3 rings (SSSR count). The van der Waals surface area contributed by atoms with Gasteiger partial charge >= 0.3 is 0 Å². The molecule has 2 fully saturated rings. The lowest BCUT2D eigenvalue weighted by atomic mass is 9.82. The van der Waals surface area contributed by atoms with Gasteiger partial charge in [-0.2, -0.15) is 0 Å². The summed E-state index contributed by atoms with van der Waals surface area (Å²) in [6.45, 7) is 0. The van der Waals surface area contributed by atoms with E-state index >= 15 is 0 Å². The first-order valence-electron chi connectivity index (χ1n) is 6.43. The van der Waals surface area contributed by atoms with Crippen molar-refractivity contribution < 1.29 is 10.2 Å². The van der Waals surface area contributed by atoms with Crippen LogP contribution in [-0.4, -0.2) is 21.7 Å². The van der Waals surface area contributed by atoms with Gasteiger partial charge < -0.3 is 10.2 Å². The molecular weight excluding hydrogens is 232 g/mol. The van der Waals surface area contributed by atoms with Crippen molar-refractivity contribution in [3.63, 3.8) is 0 Å². The zero-order valence-corrected chi connectivity index (χ0v) is 10.7. The lowest BCUT2D eigenvalue weighted by Crippen LogP contribution is -2.16. The Morgan fingerprint density at radius 3 is 2.29 bits per heavy atom. The predicted molar refractivity (Wildman–Crippen MR) is 70.6 cm³/mol. The monoisotopic (exact) mass is 251 g/mol. The predicted octanol–water partition coefficient (Wildman–Crippen LogP) is 2.90. The Morgan fingerprint density at radius 1 is 1.00 bits per heavy atom. The maximum Gasteiger partial charge on any atom is 0.200 e. The largest absolute Gasteiger partial charge is 0.508 e. The first kappa shape index (κ1) is 11.3. The summed E-state index contributed by atoms with van der Waals surface area (Å²) in [6, 6.07) is 4.95. The van der Waals surface area contributed by atoms with Crippen LogP contribution in [0.25, 0.3) is 0 Å². The van der Waals surface area contributed by atoms with Crippen LogP contribution < -0.4 is 0 Å². The van der Waals surface area contributed by atoms with E-state index in [0.717, 1.165) is 16.7 Å². The molecule has 1 heterocycles. The molecule has 0 radical (unpaired) electrons. The molecule has 0 unspecified atom stereocenters. The van der Waals surface area contributed by atoms with Gasteiger partial charge in [0, 0.05) is 28.8 Å². The Morgan fingerprint density at radius 2 is 1.65 bits per heavy atom. The summed E-state index contributed by atoms with van der Waals surface area (Å²) < 4.78 is 0. The van der Waals surface area contributed by atoms with Crippen LogP contribution in [0, 0.1) is 11.8 Å². The first-order valence-corrected chi connectivity index (χ1v) is 8.00. The van der Waals surface area contributed by atoms with Gasteiger partial charge in [0.05, 0.1) is 0 Å². The summed E-state index contributed by atoms with van der Waals surface area (Å²) in [7, 11) is 0.158. The zero-order valence-electron chi connectivity index (χ0n) is 9.93. The van der Waals surface area contributed by atoms with Gasteiger partial charge in [-0.3, -0.25) is 0 Å². The van der Waals surface area contributed by atoms with Gasteiger partial charge in [-0.25, -0.2) is 0 Å². The molecule has 17 heavy (non-hydrogen) atoms. The molecule has 1 saturated carbocycles. The van der Waals surface area contributed by atoms with Crippen molar-refractivity contribution >= 4 is 10.9 Å². The summed E-state index contributed by atoms with van der Waals surface area (Å²) in [5, 5.41) is 19.5. The number of benzene rings is 1. The third-order valence-corrected chi connectivity index (χ3v) is 6.76. The van der Waals surface area contributed by atoms with Gasteiger partial charge in [0.1, 0.15) is 17.3 Å². The second-order valence-corrected chi connectivity index (χ2v) is 7.37. The van der Waals surface area contributed by atoms with Crippen molar-refractivity contribution in [3.8, 4) is 11.5 Å². The summed E-state index contributed by atoms with van der Waals surface area (Å²) in [4.78, 5) is 0.986. The Kier molecular flexibility index (Phi) is 2.95. The van der Waals surface area contributed by atoms with Gasteiger partial charge in [0.25, 0.3) is 0 Å². The second-order valence-electron chi connectivity index (χ2n) is 5.28. The minimum atomic E-state index is 0.158. The molecule has 0 bridgehead atoms. The molecule has 1 aliphatic carbocycles. The van der Waals surface area contributed by atoms with E-state index in [1.54, 1.807) is 18.2 Å². The topological polar surface area (TPSA) is 40.5 Å². The van der Waals surface area contributed by atoms with Gasteiger partial charge in [-0.05, 0) is 25.0 Å². The van der Waals surface area contributed by atoms with Crippen LogP contribution in [0.3, 0.4) is 0 Å². The highest BCUT2D eigenvalue weighted by Crippen LogP contribution is 2.43. The van der Waals surface area contributed by atoms with Crippen molar-refractivity contribution in [2.24, 2.45) is 11.8 Å². The molecule has 2 aliphatic rings. The Balaban J connectivity index is 1.83. The molecule has 92 valence electrons. The van der Waals surface area contributed by atoms with E-state index < -0.39 is 0 Å². The number of aromatic hydroxyl groups is 2. The van der Waals surface area contributed by atoms with Crippen molar-refractivity contribution in [1.82, 2.24) is 0 Å². The molecule has 0 amide bonds. The van der Waals surface area contributed by atoms with E-state index in [4.69, 9.17) is 0 Å². The molecule has 1 saturated heterocycles. The van der Waals surface area contributed by atoms with Crippen LogP contribution >= 0.6 is 0 Å². The summed E-state index contributed by atoms with van der Waals surface area (Å²) in [5.74, 6) is 4.83. The molecule has 0 spiro atoms. The maximum atomic E-state index is 9.92. The standard InChI is InChI=1S/C14H18O2S/c15-12-5-6-13(16)14(7-12)17-8-10-3-1-2-4-11(10)9-17/h5-7,10-11H,1-4,8-9H2,(H-,15,16)/p+1/t10-,11-/m0/s1. The fraction of sp³-hybridized carbons (Fsp3) is 0.571. The van der Waals surface area contributed by atoms with Crippen molar-refractivity contribution in [2.75, 3.05) is 11.5 Å². The van der Waals surface area contributed by atoms with Crippen LogP contribution in [0.1, 0.15) is 25.7 Å². The molecule has 0 aromatic heterocycles. The molecule has 1 aliphatic heterocycles. The molecular formula is C14H19O2S+. The third kappa shape index (κ3) is 2.13. The molecule has 3 heteroatoms. The van der Waals surface area contributed by atoms with E-state index in [0.29, 0.717) is 5.75 Å². The molecule has 1 aromatic carbocycles. The summed E-state index contributed by atoms with van der Waals surface area (Å²) in [6.07, 6.45) is 5.50. The van der Waals surface area contributed by atoms with Crippen LogP contribution in [0.15, 0.2) is 23.1 Å². The highest BCUT2D eigenvalue weighted by atomic mass is 32.2. The highest BCUT2D eigenvalue weighted by molar-refractivity contribution is 7.97. The SMILES string of the molecule is Oc1ccc(O)c([S+]2C[C@@H]3CCCC[C@H]3C2)c1. The number of fused-ring (bicyclic) bond motifs is 1. The van der Waals surface area contributed by atoms with Gasteiger partial charge in [0.2, 0.25) is 0 Å². The maximum absolute atomic E-state index is 9.92. The quantitative estimate of drug-likeness (QED) is 0.595. The fourth-order valence-electron chi connectivity index (χ4n) is 3.22. The lowest BCUT2D eigenvalue weighted by Gasteiger charge is -2.20. The normalized spacial score (nSPS) is 29.2. The Labute approximate surface area is 105 Å². The zero-order chi connectivity index (χ0) is 11.8. The Bertz CT molecular complexity index is 405. The number of phenolic OH excluding ortho intramolecular Hbond substituents is 2. The minimum Gasteiger partial charge on any atom is -0.508 e. The van der Waals surface area contributed by atoms with Gasteiger partial charge in [-0.1, -0.05) is 12.8 Å². The second kappa shape index (κ2) is 4.45. The lowest BCUT2D eigenvalue weighted by molar-refractivity contribution is 0.299. The molecule has 2 atom stereocenters. The van der Waals surface area contributed by atoms with E-state index in [2.05, 4.69) is 0 Å². The van der Waals surface area contributed by atoms with E-state index in [1.165, 1.54) is 37.2 Å². The van der Waals surface area contributed by atoms with Crippen LogP contribution in [0.2, 0.25) is 0 Å². The van der Waals surface area contributed by atoms with E-state index in [-0.39, 0.29) is 16.6 Å². The van der Waals surface area contributed by atoms with E-state index in [1.807, 2.05) is 0 Å². The van der Waals surface area contributed by atoms with Gasteiger partial charge in [-0.15, -0.1) is 0 Å². The molecule has 2 N–H and O–H groups in total. The molecule has 2 nitrogen and oxygen atoms in total. The number of phenols is 2. The average molecular weight is 251 g/mol. The fourth-order valence-corrected chi connectivity index (χ4v) is 6.28. The van der Waals surface area contributed by atoms with Crippen molar-refractivity contribution in [3.05, 3.63) is 18.2 Å². The van der Waals surface area contributed by atoms with Crippen molar-refractivity contribution in [1.29, 1.82) is 0 Å². The minimum absolute atomic E-state index is 0.158. The number of hydrogen-bond acceptors (Lipinski definition) is 2. The first-order chi connectivity index (χ1) is 8.24. The summed E-state index contributed by atoms with van der Waals surface area (Å²) in [5.41, 5.74) is 0.